The van der Waals surface area contributed by atoms with E-state index in [1.54, 1.807) is 21.9 Å². The Morgan fingerprint density at radius 3 is 2.31 bits per heavy atom. The fraction of sp³-hybridized carbons (Fsp3) is 0.303. The summed E-state index contributed by atoms with van der Waals surface area (Å²) in [7, 11) is 3.99. The van der Waals surface area contributed by atoms with Crippen molar-refractivity contribution < 1.29 is 14.4 Å². The lowest BCUT2D eigenvalue weighted by Crippen LogP contribution is -2.57. The van der Waals surface area contributed by atoms with E-state index in [0.29, 0.717) is 37.4 Å². The standard InChI is InChI=1S/C33H38N6O3/c1-23(28-21-34-29-15-8-7-14-27(28)29)30(31(40)35-26-13-9-10-24(20-26)22-37(2)3)36-33(42)39-18-16-38(17-19-39)32(41)25-11-5-4-6-12-25/h4-15,20-21,23,30,34H,16-19,22H2,1-3H3,(H,35,40)(H,36,42)/t23-,30-/m1/s1. The van der Waals surface area contributed by atoms with E-state index in [0.717, 1.165) is 28.6 Å². The van der Waals surface area contributed by atoms with Gasteiger partial charge >= 0.3 is 6.03 Å². The highest BCUT2D eigenvalue weighted by Gasteiger charge is 2.32. The number of amides is 4. The first-order valence-electron chi connectivity index (χ1n) is 14.3. The van der Waals surface area contributed by atoms with Crippen molar-refractivity contribution in [3.05, 3.63) is 102 Å². The average Bonchev–Trinajstić information content (AvgIpc) is 3.44. The number of hydrogen-bond donors (Lipinski definition) is 3. The molecule has 0 bridgehead atoms. The van der Waals surface area contributed by atoms with E-state index in [-0.39, 0.29) is 23.8 Å². The molecule has 0 saturated carbocycles. The van der Waals surface area contributed by atoms with Crippen LogP contribution in [0.25, 0.3) is 10.9 Å². The van der Waals surface area contributed by atoms with Crippen LogP contribution >= 0.6 is 0 Å². The van der Waals surface area contributed by atoms with Gasteiger partial charge < -0.3 is 30.3 Å². The molecule has 3 aromatic carbocycles. The number of nitrogens with zero attached hydrogens (tertiary/aromatic N) is 3. The number of piperazine rings is 1. The fourth-order valence-corrected chi connectivity index (χ4v) is 5.50. The molecular formula is C33H38N6O3. The SMILES string of the molecule is C[C@H](c1c[nH]c2ccccc12)[C@@H](NC(=O)N1CCN(C(=O)c2ccccc2)CC1)C(=O)Nc1cccc(CN(C)C)c1. The number of benzene rings is 3. The molecule has 0 unspecified atom stereocenters. The molecule has 9 nitrogen and oxygen atoms in total. The van der Waals surface area contributed by atoms with Crippen LogP contribution in [0.3, 0.4) is 0 Å². The van der Waals surface area contributed by atoms with Crippen molar-refractivity contribution in [2.45, 2.75) is 25.4 Å². The number of carbonyl (C=O) groups is 3. The van der Waals surface area contributed by atoms with Crippen molar-refractivity contribution in [2.24, 2.45) is 0 Å². The zero-order valence-electron chi connectivity index (χ0n) is 24.3. The molecule has 3 N–H and O–H groups in total. The number of rotatable bonds is 8. The predicted molar refractivity (Wildman–Crippen MR) is 165 cm³/mol. The summed E-state index contributed by atoms with van der Waals surface area (Å²) in [5, 5.41) is 7.08. The van der Waals surface area contributed by atoms with Gasteiger partial charge in [0.1, 0.15) is 6.04 Å². The number of fused-ring (bicyclic) bond motifs is 1. The second-order valence-corrected chi connectivity index (χ2v) is 11.1. The molecule has 2 heterocycles. The monoisotopic (exact) mass is 566 g/mol. The summed E-state index contributed by atoms with van der Waals surface area (Å²) in [4.78, 5) is 49.0. The normalized spacial score (nSPS) is 15.0. The van der Waals surface area contributed by atoms with E-state index < -0.39 is 6.04 Å². The van der Waals surface area contributed by atoms with Crippen LogP contribution in [0.1, 0.15) is 34.3 Å². The third-order valence-electron chi connectivity index (χ3n) is 7.74. The van der Waals surface area contributed by atoms with Gasteiger partial charge in [0.25, 0.3) is 5.91 Å². The number of carbonyl (C=O) groups excluding carboxylic acids is 3. The number of para-hydroxylation sites is 1. The molecule has 4 amide bonds. The van der Waals surface area contributed by atoms with Crippen LogP contribution in [0.4, 0.5) is 10.5 Å². The average molecular weight is 567 g/mol. The van der Waals surface area contributed by atoms with Crippen LogP contribution in [0.2, 0.25) is 0 Å². The van der Waals surface area contributed by atoms with Gasteiger partial charge in [-0.2, -0.15) is 0 Å². The zero-order valence-corrected chi connectivity index (χ0v) is 24.3. The van der Waals surface area contributed by atoms with Crippen LogP contribution in [0.15, 0.2) is 85.1 Å². The number of anilines is 1. The van der Waals surface area contributed by atoms with Gasteiger partial charge in [0.05, 0.1) is 0 Å². The van der Waals surface area contributed by atoms with Gasteiger partial charge in [-0.15, -0.1) is 0 Å². The highest BCUT2D eigenvalue weighted by Crippen LogP contribution is 2.29. The fourth-order valence-electron chi connectivity index (χ4n) is 5.50. The first-order chi connectivity index (χ1) is 20.3. The Bertz CT molecular complexity index is 1540. The van der Waals surface area contributed by atoms with Gasteiger partial charge in [0.15, 0.2) is 0 Å². The molecule has 1 aliphatic rings. The van der Waals surface area contributed by atoms with Crippen LogP contribution in [0.5, 0.6) is 0 Å². The predicted octanol–water partition coefficient (Wildman–Crippen LogP) is 4.51. The van der Waals surface area contributed by atoms with Crippen molar-refractivity contribution in [2.75, 3.05) is 45.6 Å². The third-order valence-corrected chi connectivity index (χ3v) is 7.74. The Labute approximate surface area is 246 Å². The minimum atomic E-state index is -0.835. The van der Waals surface area contributed by atoms with E-state index >= 15 is 0 Å². The second kappa shape index (κ2) is 12.9. The Hall–Kier alpha value is -4.63. The molecule has 1 saturated heterocycles. The largest absolute Gasteiger partial charge is 0.361 e. The van der Waals surface area contributed by atoms with Gasteiger partial charge in [-0.25, -0.2) is 4.79 Å². The van der Waals surface area contributed by atoms with E-state index in [2.05, 4.69) is 20.5 Å². The summed E-state index contributed by atoms with van der Waals surface area (Å²) < 4.78 is 0. The first-order valence-corrected chi connectivity index (χ1v) is 14.3. The maximum Gasteiger partial charge on any atom is 0.318 e. The number of H-pyrrole nitrogens is 1. The lowest BCUT2D eigenvalue weighted by atomic mass is 9.92. The molecule has 9 heteroatoms. The Balaban J connectivity index is 1.32. The van der Waals surface area contributed by atoms with Crippen LogP contribution in [-0.4, -0.2) is 83.8 Å². The molecular weight excluding hydrogens is 528 g/mol. The maximum atomic E-state index is 13.8. The van der Waals surface area contributed by atoms with Crippen molar-refractivity contribution in [1.29, 1.82) is 0 Å². The molecule has 2 atom stereocenters. The Kier molecular flexibility index (Phi) is 8.88. The number of urea groups is 1. The minimum Gasteiger partial charge on any atom is -0.361 e. The lowest BCUT2D eigenvalue weighted by molar-refractivity contribution is -0.118. The first kappa shape index (κ1) is 28.9. The molecule has 0 aliphatic carbocycles. The summed E-state index contributed by atoms with van der Waals surface area (Å²) in [5.74, 6) is -0.658. The highest BCUT2D eigenvalue weighted by atomic mass is 16.2. The second-order valence-electron chi connectivity index (χ2n) is 11.1. The van der Waals surface area contributed by atoms with Crippen LogP contribution < -0.4 is 10.6 Å². The molecule has 1 aromatic heterocycles. The summed E-state index contributed by atoms with van der Waals surface area (Å²) >= 11 is 0. The number of aromatic amines is 1. The molecule has 5 rings (SSSR count). The van der Waals surface area contributed by atoms with Crippen LogP contribution in [0, 0.1) is 0 Å². The lowest BCUT2D eigenvalue weighted by Gasteiger charge is -2.36. The quantitative estimate of drug-likeness (QED) is 0.292. The van der Waals surface area contributed by atoms with Crippen LogP contribution in [-0.2, 0) is 11.3 Å². The Morgan fingerprint density at radius 1 is 0.881 bits per heavy atom. The van der Waals surface area contributed by atoms with Crippen molar-refractivity contribution in [3.63, 3.8) is 0 Å². The maximum absolute atomic E-state index is 13.8. The van der Waals surface area contributed by atoms with Gasteiger partial charge in [-0.3, -0.25) is 9.59 Å². The van der Waals surface area contributed by atoms with Gasteiger partial charge in [0, 0.05) is 67.0 Å². The third kappa shape index (κ3) is 6.63. The summed E-state index contributed by atoms with van der Waals surface area (Å²) in [6.45, 7) is 4.32. The van der Waals surface area contributed by atoms with E-state index in [9.17, 15) is 14.4 Å². The molecule has 218 valence electrons. The molecule has 0 radical (unpaired) electrons. The number of aromatic nitrogens is 1. The smallest absolute Gasteiger partial charge is 0.318 e. The van der Waals surface area contributed by atoms with Gasteiger partial charge in [-0.1, -0.05) is 55.5 Å². The minimum absolute atomic E-state index is 0.0441. The summed E-state index contributed by atoms with van der Waals surface area (Å²) in [6.07, 6.45) is 1.91. The Morgan fingerprint density at radius 2 is 1.57 bits per heavy atom. The van der Waals surface area contributed by atoms with Crippen molar-refractivity contribution >= 4 is 34.4 Å². The van der Waals surface area contributed by atoms with E-state index in [4.69, 9.17) is 0 Å². The molecule has 42 heavy (non-hydrogen) atoms. The number of hydrogen-bond acceptors (Lipinski definition) is 4. The molecule has 1 fully saturated rings. The van der Waals surface area contributed by atoms with E-state index in [1.165, 1.54) is 0 Å². The van der Waals surface area contributed by atoms with E-state index in [1.807, 2.05) is 93.9 Å². The van der Waals surface area contributed by atoms with Crippen molar-refractivity contribution in [3.8, 4) is 0 Å². The molecule has 1 aliphatic heterocycles. The number of nitrogens with one attached hydrogen (secondary N) is 3. The van der Waals surface area contributed by atoms with Gasteiger partial charge in [0.2, 0.25) is 5.91 Å². The topological polar surface area (TPSA) is 101 Å². The molecule has 4 aromatic rings. The van der Waals surface area contributed by atoms with Gasteiger partial charge in [-0.05, 0) is 55.6 Å². The summed E-state index contributed by atoms with van der Waals surface area (Å²) in [5.41, 5.74) is 4.31. The zero-order chi connectivity index (χ0) is 29.6. The molecule has 0 spiro atoms. The summed E-state index contributed by atoms with van der Waals surface area (Å²) in [6, 6.07) is 23.7. The van der Waals surface area contributed by atoms with Crippen molar-refractivity contribution in [1.82, 2.24) is 25.0 Å². The highest BCUT2D eigenvalue weighted by molar-refractivity contribution is 5.98.